The highest BCUT2D eigenvalue weighted by molar-refractivity contribution is 4.66. The molecule has 3 heteroatoms. The van der Waals surface area contributed by atoms with E-state index in [4.69, 9.17) is 4.74 Å². The summed E-state index contributed by atoms with van der Waals surface area (Å²) in [6.07, 6.45) is 17.2. The summed E-state index contributed by atoms with van der Waals surface area (Å²) in [6.45, 7) is 10.4. The van der Waals surface area contributed by atoms with Crippen molar-refractivity contribution in [1.82, 2.24) is 4.90 Å². The van der Waals surface area contributed by atoms with E-state index in [1.807, 2.05) is 0 Å². The van der Waals surface area contributed by atoms with Crippen LogP contribution in [0.1, 0.15) is 118 Å². The lowest BCUT2D eigenvalue weighted by atomic mass is 10.1. The summed E-state index contributed by atoms with van der Waals surface area (Å²) < 4.78 is 6.14. The standard InChI is InChI=1S/C22H47NO2/c1-5-9-10-11-12-13-14-15-16-17-20-25-22(19-7-3)23(8-4)21(24)18-6-2/h21-22,24H,5-20H2,1-4H3. The molecular weight excluding hydrogens is 310 g/mol. The van der Waals surface area contributed by atoms with Crippen LogP contribution in [0.3, 0.4) is 0 Å². The van der Waals surface area contributed by atoms with Gasteiger partial charge in [-0.25, -0.2) is 0 Å². The van der Waals surface area contributed by atoms with Gasteiger partial charge in [0.15, 0.2) is 0 Å². The van der Waals surface area contributed by atoms with Crippen LogP contribution in [-0.2, 0) is 4.74 Å². The summed E-state index contributed by atoms with van der Waals surface area (Å²) >= 11 is 0. The fraction of sp³-hybridized carbons (Fsp3) is 1.00. The van der Waals surface area contributed by atoms with E-state index in [0.29, 0.717) is 0 Å². The first-order valence-electron chi connectivity index (χ1n) is 11.3. The van der Waals surface area contributed by atoms with Crippen molar-refractivity contribution >= 4 is 0 Å². The van der Waals surface area contributed by atoms with Crippen LogP contribution in [0, 0.1) is 0 Å². The lowest BCUT2D eigenvalue weighted by Crippen LogP contribution is -2.44. The summed E-state index contributed by atoms with van der Waals surface area (Å²) in [4.78, 5) is 2.13. The SMILES string of the molecule is CCCCCCCCCCCCOC(CCC)N(CC)C(O)CCC. The van der Waals surface area contributed by atoms with Crippen LogP contribution in [0.5, 0.6) is 0 Å². The zero-order valence-corrected chi connectivity index (χ0v) is 17.8. The molecule has 0 bridgehead atoms. The maximum atomic E-state index is 10.3. The molecule has 0 aliphatic rings. The molecule has 0 aromatic heterocycles. The Hall–Kier alpha value is -0.120. The molecule has 25 heavy (non-hydrogen) atoms. The molecule has 0 spiro atoms. The number of rotatable bonds is 19. The van der Waals surface area contributed by atoms with Crippen molar-refractivity contribution in [1.29, 1.82) is 0 Å². The van der Waals surface area contributed by atoms with Gasteiger partial charge >= 0.3 is 0 Å². The third-order valence-corrected chi connectivity index (χ3v) is 5.01. The van der Waals surface area contributed by atoms with Crippen LogP contribution in [0.15, 0.2) is 0 Å². The first-order valence-corrected chi connectivity index (χ1v) is 11.3. The molecule has 1 N–H and O–H groups in total. The molecule has 0 aliphatic heterocycles. The second-order valence-electron chi connectivity index (χ2n) is 7.40. The number of nitrogens with zero attached hydrogens (tertiary/aromatic N) is 1. The zero-order valence-electron chi connectivity index (χ0n) is 17.8. The van der Waals surface area contributed by atoms with E-state index in [2.05, 4.69) is 32.6 Å². The van der Waals surface area contributed by atoms with E-state index in [-0.39, 0.29) is 12.5 Å². The fourth-order valence-corrected chi connectivity index (χ4v) is 3.43. The Morgan fingerprint density at radius 2 is 1.20 bits per heavy atom. The predicted octanol–water partition coefficient (Wildman–Crippen LogP) is 6.49. The van der Waals surface area contributed by atoms with Gasteiger partial charge in [0, 0.05) is 13.2 Å². The summed E-state index contributed by atoms with van der Waals surface area (Å²) in [5.41, 5.74) is 0. The normalized spacial score (nSPS) is 14.2. The first kappa shape index (κ1) is 24.9. The molecule has 0 saturated heterocycles. The molecule has 2 atom stereocenters. The molecule has 152 valence electrons. The van der Waals surface area contributed by atoms with Crippen molar-refractivity contribution in [3.05, 3.63) is 0 Å². The van der Waals surface area contributed by atoms with Gasteiger partial charge in [0.1, 0.15) is 12.5 Å². The Balaban J connectivity index is 3.78. The van der Waals surface area contributed by atoms with Gasteiger partial charge in [-0.2, -0.15) is 0 Å². The minimum atomic E-state index is -0.362. The molecule has 0 heterocycles. The second-order valence-corrected chi connectivity index (χ2v) is 7.40. The second kappa shape index (κ2) is 18.7. The molecule has 3 nitrogen and oxygen atoms in total. The van der Waals surface area contributed by atoms with E-state index in [0.717, 1.165) is 45.3 Å². The molecule has 0 rings (SSSR count). The van der Waals surface area contributed by atoms with Crippen LogP contribution in [0.2, 0.25) is 0 Å². The third kappa shape index (κ3) is 13.7. The number of aliphatic hydroxyl groups excluding tert-OH is 1. The molecule has 0 radical (unpaired) electrons. The number of unbranched alkanes of at least 4 members (excludes halogenated alkanes) is 9. The number of ether oxygens (including phenoxy) is 1. The number of hydrogen-bond acceptors (Lipinski definition) is 3. The minimum Gasteiger partial charge on any atom is -0.378 e. The molecule has 2 unspecified atom stereocenters. The van der Waals surface area contributed by atoms with Gasteiger partial charge in [0.25, 0.3) is 0 Å². The van der Waals surface area contributed by atoms with Gasteiger partial charge in [-0.15, -0.1) is 0 Å². The lowest BCUT2D eigenvalue weighted by Gasteiger charge is -2.34. The Labute approximate surface area is 158 Å². The molecule has 0 aromatic rings. The summed E-state index contributed by atoms with van der Waals surface area (Å²) in [5, 5.41) is 10.3. The van der Waals surface area contributed by atoms with Gasteiger partial charge in [-0.05, 0) is 19.3 Å². The smallest absolute Gasteiger partial charge is 0.112 e. The van der Waals surface area contributed by atoms with Crippen molar-refractivity contribution in [2.45, 2.75) is 130 Å². The Bertz CT molecular complexity index is 260. The van der Waals surface area contributed by atoms with Crippen molar-refractivity contribution in [3.8, 4) is 0 Å². The van der Waals surface area contributed by atoms with Crippen molar-refractivity contribution < 1.29 is 9.84 Å². The maximum Gasteiger partial charge on any atom is 0.112 e. The molecule has 0 saturated carbocycles. The summed E-state index contributed by atoms with van der Waals surface area (Å²) in [6, 6.07) is 0. The third-order valence-electron chi connectivity index (χ3n) is 5.01. The van der Waals surface area contributed by atoms with E-state index in [9.17, 15) is 5.11 Å². The average Bonchev–Trinajstić information content (AvgIpc) is 2.60. The molecular formula is C22H47NO2. The van der Waals surface area contributed by atoms with Gasteiger partial charge in [-0.3, -0.25) is 4.90 Å². The van der Waals surface area contributed by atoms with Gasteiger partial charge in [0.05, 0.1) is 0 Å². The lowest BCUT2D eigenvalue weighted by molar-refractivity contribution is -0.135. The molecule has 0 aliphatic carbocycles. The van der Waals surface area contributed by atoms with E-state index < -0.39 is 0 Å². The summed E-state index contributed by atoms with van der Waals surface area (Å²) in [7, 11) is 0. The van der Waals surface area contributed by atoms with Crippen LogP contribution in [0.4, 0.5) is 0 Å². The highest BCUT2D eigenvalue weighted by Crippen LogP contribution is 2.16. The number of hydrogen-bond donors (Lipinski definition) is 1. The van der Waals surface area contributed by atoms with E-state index in [1.165, 1.54) is 57.8 Å². The van der Waals surface area contributed by atoms with E-state index >= 15 is 0 Å². The molecule has 0 aromatic carbocycles. The molecule has 0 amide bonds. The zero-order chi connectivity index (χ0) is 18.8. The number of aliphatic hydroxyl groups is 1. The Morgan fingerprint density at radius 1 is 0.680 bits per heavy atom. The predicted molar refractivity (Wildman–Crippen MR) is 110 cm³/mol. The highest BCUT2D eigenvalue weighted by Gasteiger charge is 2.22. The van der Waals surface area contributed by atoms with Crippen molar-refractivity contribution in [2.75, 3.05) is 13.2 Å². The van der Waals surface area contributed by atoms with Crippen molar-refractivity contribution in [3.63, 3.8) is 0 Å². The maximum absolute atomic E-state index is 10.3. The van der Waals surface area contributed by atoms with Crippen LogP contribution in [0.25, 0.3) is 0 Å². The Kier molecular flexibility index (Phi) is 18.6. The fourth-order valence-electron chi connectivity index (χ4n) is 3.43. The van der Waals surface area contributed by atoms with Crippen LogP contribution >= 0.6 is 0 Å². The van der Waals surface area contributed by atoms with E-state index in [1.54, 1.807) is 0 Å². The molecule has 0 fully saturated rings. The van der Waals surface area contributed by atoms with Crippen LogP contribution in [-0.4, -0.2) is 35.6 Å². The topological polar surface area (TPSA) is 32.7 Å². The quantitative estimate of drug-likeness (QED) is 0.212. The van der Waals surface area contributed by atoms with Crippen LogP contribution < -0.4 is 0 Å². The minimum absolute atomic E-state index is 0.0788. The largest absolute Gasteiger partial charge is 0.378 e. The van der Waals surface area contributed by atoms with Gasteiger partial charge < -0.3 is 9.84 Å². The monoisotopic (exact) mass is 357 g/mol. The van der Waals surface area contributed by atoms with Gasteiger partial charge in [0.2, 0.25) is 0 Å². The summed E-state index contributed by atoms with van der Waals surface area (Å²) in [5.74, 6) is 0. The first-order chi connectivity index (χ1) is 12.2. The van der Waals surface area contributed by atoms with Crippen molar-refractivity contribution in [2.24, 2.45) is 0 Å². The average molecular weight is 358 g/mol. The Morgan fingerprint density at radius 3 is 1.68 bits per heavy atom. The van der Waals surface area contributed by atoms with Gasteiger partial charge in [-0.1, -0.05) is 98.3 Å². The highest BCUT2D eigenvalue weighted by atomic mass is 16.5.